The van der Waals surface area contributed by atoms with Gasteiger partial charge >= 0.3 is 0 Å². The van der Waals surface area contributed by atoms with E-state index in [2.05, 4.69) is 56.2 Å². The number of hydrogen-bond acceptors (Lipinski definition) is 4. The topological polar surface area (TPSA) is 69.0 Å². The standard InChI is InChI=1S/C27H36N4O2Si/c1-18-13-19-9-8-10-20(21(19)14-18)23-15-28-25-24(29-23)22(26(32)30-27(2,3)4)16-31(25)17-33-11-12-34(5,6)7/h8-10,13,15-16H,11-12,14,17H2,1-7H3,(H,30,32). The molecule has 180 valence electrons. The molecule has 0 radical (unpaired) electrons. The first-order valence-corrected chi connectivity index (χ1v) is 15.7. The highest BCUT2D eigenvalue weighted by atomic mass is 28.3. The van der Waals surface area contributed by atoms with Crippen LogP contribution in [0, 0.1) is 0 Å². The number of amides is 1. The lowest BCUT2D eigenvalue weighted by Gasteiger charge is -2.20. The number of nitrogens with one attached hydrogen (secondary N) is 1. The Labute approximate surface area is 203 Å². The molecule has 1 amide bonds. The van der Waals surface area contributed by atoms with Gasteiger partial charge in [-0.05, 0) is 51.3 Å². The lowest BCUT2D eigenvalue weighted by Crippen LogP contribution is -2.40. The number of carbonyl (C=O) groups excluding carboxylic acids is 1. The van der Waals surface area contributed by atoms with Gasteiger partial charge in [0.1, 0.15) is 12.2 Å². The fourth-order valence-corrected chi connectivity index (χ4v) is 4.92. The normalized spacial score (nSPS) is 13.8. The van der Waals surface area contributed by atoms with Gasteiger partial charge < -0.3 is 14.6 Å². The average molecular weight is 477 g/mol. The molecule has 0 spiro atoms. The zero-order chi connectivity index (χ0) is 24.7. The number of ether oxygens (including phenoxy) is 1. The molecule has 2 aromatic heterocycles. The van der Waals surface area contributed by atoms with Crippen LogP contribution in [0.3, 0.4) is 0 Å². The summed E-state index contributed by atoms with van der Waals surface area (Å²) in [5.41, 5.74) is 7.13. The quantitative estimate of drug-likeness (QED) is 0.341. The van der Waals surface area contributed by atoms with Crippen LogP contribution < -0.4 is 5.32 Å². The molecule has 0 saturated heterocycles. The number of fused-ring (bicyclic) bond motifs is 2. The number of carbonyl (C=O) groups is 1. The summed E-state index contributed by atoms with van der Waals surface area (Å²) >= 11 is 0. The molecule has 1 aromatic carbocycles. The van der Waals surface area contributed by atoms with Gasteiger partial charge in [0.2, 0.25) is 0 Å². The molecule has 0 aliphatic heterocycles. The molecule has 7 heteroatoms. The lowest BCUT2D eigenvalue weighted by atomic mass is 10.00. The Balaban J connectivity index is 1.72. The fraction of sp³-hybridized carbons (Fsp3) is 0.444. The molecular weight excluding hydrogens is 440 g/mol. The van der Waals surface area contributed by atoms with Crippen LogP contribution in [0.1, 0.15) is 49.2 Å². The van der Waals surface area contributed by atoms with E-state index in [1.54, 1.807) is 0 Å². The Morgan fingerprint density at radius 3 is 2.71 bits per heavy atom. The van der Waals surface area contributed by atoms with Gasteiger partial charge in [0.15, 0.2) is 5.65 Å². The summed E-state index contributed by atoms with van der Waals surface area (Å²) in [7, 11) is -1.18. The van der Waals surface area contributed by atoms with Gasteiger partial charge in [-0.1, -0.05) is 49.5 Å². The smallest absolute Gasteiger partial charge is 0.255 e. The van der Waals surface area contributed by atoms with Crippen LogP contribution in [-0.2, 0) is 17.9 Å². The van der Waals surface area contributed by atoms with Crippen LogP contribution >= 0.6 is 0 Å². The van der Waals surface area contributed by atoms with E-state index in [1.807, 2.05) is 37.7 Å². The largest absolute Gasteiger partial charge is 0.361 e. The molecule has 4 rings (SSSR count). The van der Waals surface area contributed by atoms with Gasteiger partial charge in [-0.3, -0.25) is 4.79 Å². The first-order chi connectivity index (χ1) is 15.9. The summed E-state index contributed by atoms with van der Waals surface area (Å²) < 4.78 is 7.87. The van der Waals surface area contributed by atoms with Gasteiger partial charge in [-0.15, -0.1) is 0 Å². The van der Waals surface area contributed by atoms with Gasteiger partial charge in [-0.25, -0.2) is 9.97 Å². The van der Waals surface area contributed by atoms with Crippen molar-refractivity contribution in [3.63, 3.8) is 0 Å². The minimum atomic E-state index is -1.18. The van der Waals surface area contributed by atoms with Crippen LogP contribution in [0.15, 0.2) is 36.2 Å². The molecule has 0 atom stereocenters. The molecule has 3 aromatic rings. The zero-order valence-electron chi connectivity index (χ0n) is 21.5. The summed E-state index contributed by atoms with van der Waals surface area (Å²) in [6, 6.07) is 7.37. The van der Waals surface area contributed by atoms with E-state index >= 15 is 0 Å². The van der Waals surface area contributed by atoms with Crippen LogP contribution in [0.25, 0.3) is 28.5 Å². The number of benzene rings is 1. The van der Waals surface area contributed by atoms with Crippen LogP contribution in [0.5, 0.6) is 0 Å². The van der Waals surface area contributed by atoms with Crippen molar-refractivity contribution in [2.45, 2.75) is 72.1 Å². The van der Waals surface area contributed by atoms with E-state index in [1.165, 1.54) is 16.7 Å². The third kappa shape index (κ3) is 5.47. The second kappa shape index (κ2) is 9.11. The maximum absolute atomic E-state index is 13.2. The Morgan fingerprint density at radius 1 is 1.24 bits per heavy atom. The number of rotatable bonds is 7. The number of nitrogens with zero attached hydrogens (tertiary/aromatic N) is 3. The predicted molar refractivity (Wildman–Crippen MR) is 142 cm³/mol. The second-order valence-corrected chi connectivity index (χ2v) is 17.2. The van der Waals surface area contributed by atoms with Crippen LogP contribution in [0.2, 0.25) is 25.7 Å². The number of allylic oxidation sites excluding steroid dienone is 1. The summed E-state index contributed by atoms with van der Waals surface area (Å²) in [5, 5.41) is 3.07. The second-order valence-electron chi connectivity index (χ2n) is 11.5. The fourth-order valence-electron chi connectivity index (χ4n) is 4.17. The van der Waals surface area contributed by atoms with Gasteiger partial charge in [0.05, 0.1) is 17.5 Å². The van der Waals surface area contributed by atoms with Gasteiger partial charge in [0, 0.05) is 32.0 Å². The van der Waals surface area contributed by atoms with E-state index in [-0.39, 0.29) is 11.4 Å². The van der Waals surface area contributed by atoms with Gasteiger partial charge in [0.25, 0.3) is 5.91 Å². The molecule has 1 N–H and O–H groups in total. The Hall–Kier alpha value is -2.77. The Bertz CT molecular complexity index is 1260. The molecular formula is C27H36N4O2Si. The summed E-state index contributed by atoms with van der Waals surface area (Å²) in [5.74, 6) is -0.152. The maximum atomic E-state index is 13.2. The van der Waals surface area contributed by atoms with Crippen LogP contribution in [0.4, 0.5) is 0 Å². The zero-order valence-corrected chi connectivity index (χ0v) is 22.5. The van der Waals surface area contributed by atoms with Crippen molar-refractivity contribution in [3.8, 4) is 11.3 Å². The van der Waals surface area contributed by atoms with Gasteiger partial charge in [-0.2, -0.15) is 0 Å². The summed E-state index contributed by atoms with van der Waals surface area (Å²) in [6.07, 6.45) is 6.77. The molecule has 1 aliphatic carbocycles. The third-order valence-electron chi connectivity index (χ3n) is 5.87. The van der Waals surface area contributed by atoms with E-state index in [0.717, 1.165) is 23.7 Å². The van der Waals surface area contributed by atoms with Crippen molar-refractivity contribution in [1.29, 1.82) is 0 Å². The first kappa shape index (κ1) is 24.4. The molecule has 6 nitrogen and oxygen atoms in total. The van der Waals surface area contributed by atoms with E-state index in [4.69, 9.17) is 14.7 Å². The highest BCUT2D eigenvalue weighted by Gasteiger charge is 2.23. The third-order valence-corrected chi connectivity index (χ3v) is 7.58. The van der Waals surface area contributed by atoms with Crippen molar-refractivity contribution < 1.29 is 9.53 Å². The molecule has 2 heterocycles. The maximum Gasteiger partial charge on any atom is 0.255 e. The van der Waals surface area contributed by atoms with E-state index < -0.39 is 8.07 Å². The summed E-state index contributed by atoms with van der Waals surface area (Å²) in [6.45, 7) is 16.1. The molecule has 34 heavy (non-hydrogen) atoms. The van der Waals surface area contributed by atoms with Crippen molar-refractivity contribution in [1.82, 2.24) is 19.9 Å². The van der Waals surface area contributed by atoms with Crippen molar-refractivity contribution in [3.05, 3.63) is 52.9 Å². The molecule has 0 saturated carbocycles. The lowest BCUT2D eigenvalue weighted by molar-refractivity contribution is 0.0886. The first-order valence-electron chi connectivity index (χ1n) is 12.0. The van der Waals surface area contributed by atoms with Crippen LogP contribution in [-0.4, -0.2) is 40.7 Å². The Morgan fingerprint density at radius 2 is 2.00 bits per heavy atom. The predicted octanol–water partition coefficient (Wildman–Crippen LogP) is 5.90. The minimum absolute atomic E-state index is 0.152. The highest BCUT2D eigenvalue weighted by molar-refractivity contribution is 6.76. The number of hydrogen-bond donors (Lipinski definition) is 1. The monoisotopic (exact) mass is 476 g/mol. The van der Waals surface area contributed by atoms with Crippen molar-refractivity contribution >= 4 is 31.2 Å². The molecule has 0 bridgehead atoms. The van der Waals surface area contributed by atoms with E-state index in [9.17, 15) is 4.79 Å². The molecule has 0 fully saturated rings. The summed E-state index contributed by atoms with van der Waals surface area (Å²) in [4.78, 5) is 22.9. The highest BCUT2D eigenvalue weighted by Crippen LogP contribution is 2.33. The number of aromatic nitrogens is 3. The molecule has 1 aliphatic rings. The Kier molecular flexibility index (Phi) is 6.53. The van der Waals surface area contributed by atoms with Crippen molar-refractivity contribution in [2.24, 2.45) is 0 Å². The minimum Gasteiger partial charge on any atom is -0.361 e. The average Bonchev–Trinajstić information content (AvgIpc) is 3.28. The SMILES string of the molecule is CC1=Cc2cccc(-c3cnc4c(n3)c(C(=O)NC(C)(C)C)cn4COCC[Si](C)(C)C)c2C1. The van der Waals surface area contributed by atoms with Crippen molar-refractivity contribution in [2.75, 3.05) is 6.61 Å². The van der Waals surface area contributed by atoms with E-state index in [0.29, 0.717) is 30.1 Å². The molecule has 0 unspecified atom stereocenters.